The number of aryl methyl sites for hydroxylation is 1. The number of carbonyl (C=O) groups excluding carboxylic acids is 2. The lowest BCUT2D eigenvalue weighted by Crippen LogP contribution is -2.30. The average Bonchev–Trinajstić information content (AvgIpc) is 3.04. The molecule has 0 saturated heterocycles. The van der Waals surface area contributed by atoms with Gasteiger partial charge in [-0.15, -0.1) is 11.3 Å². The predicted molar refractivity (Wildman–Crippen MR) is 117 cm³/mol. The van der Waals surface area contributed by atoms with Gasteiger partial charge in [-0.2, -0.15) is 0 Å². The first-order valence-corrected chi connectivity index (χ1v) is 12.3. The maximum absolute atomic E-state index is 12.6. The Kier molecular flexibility index (Phi) is 6.95. The third kappa shape index (κ3) is 4.91. The minimum absolute atomic E-state index is 0.0953. The molecular formula is C21H26N2O5S2. The summed E-state index contributed by atoms with van der Waals surface area (Å²) in [7, 11) is -3.79. The normalized spacial score (nSPS) is 14.2. The van der Waals surface area contributed by atoms with Gasteiger partial charge < -0.3 is 10.1 Å². The molecule has 0 bridgehead atoms. The molecule has 1 amide bonds. The second-order valence-corrected chi connectivity index (χ2v) is 10.3. The molecule has 0 aliphatic carbocycles. The highest BCUT2D eigenvalue weighted by atomic mass is 32.2. The molecule has 2 aromatic rings. The minimum atomic E-state index is -3.79. The first-order chi connectivity index (χ1) is 14.2. The largest absolute Gasteiger partial charge is 0.462 e. The number of sulfone groups is 1. The summed E-state index contributed by atoms with van der Waals surface area (Å²) in [6, 6.07) is 6.36. The van der Waals surface area contributed by atoms with E-state index in [1.807, 2.05) is 6.92 Å². The molecule has 1 N–H and O–H groups in total. The average molecular weight is 451 g/mol. The van der Waals surface area contributed by atoms with E-state index in [-0.39, 0.29) is 11.5 Å². The lowest BCUT2D eigenvalue weighted by Gasteiger charge is -2.25. The van der Waals surface area contributed by atoms with Crippen LogP contribution in [0.1, 0.15) is 40.2 Å². The number of ether oxygens (including phenoxy) is 1. The van der Waals surface area contributed by atoms with Crippen molar-refractivity contribution in [1.82, 2.24) is 4.90 Å². The lowest BCUT2D eigenvalue weighted by molar-refractivity contribution is -0.113. The van der Waals surface area contributed by atoms with Gasteiger partial charge in [-0.25, -0.2) is 13.2 Å². The molecule has 0 spiro atoms. The van der Waals surface area contributed by atoms with Crippen LogP contribution in [0.15, 0.2) is 29.2 Å². The fourth-order valence-electron chi connectivity index (χ4n) is 3.40. The summed E-state index contributed by atoms with van der Waals surface area (Å²) in [5.74, 6) is -1.86. The number of carbonyl (C=O) groups is 2. The van der Waals surface area contributed by atoms with Gasteiger partial charge in [0.15, 0.2) is 9.84 Å². The predicted octanol–water partition coefficient (Wildman–Crippen LogP) is 3.02. The summed E-state index contributed by atoms with van der Waals surface area (Å²) in [5, 5.41) is 3.02. The van der Waals surface area contributed by atoms with Crippen LogP contribution in [0.4, 0.5) is 5.00 Å². The molecule has 30 heavy (non-hydrogen) atoms. The zero-order valence-corrected chi connectivity index (χ0v) is 19.0. The fraction of sp³-hybridized carbons (Fsp3) is 0.429. The Morgan fingerprint density at radius 2 is 1.90 bits per heavy atom. The second kappa shape index (κ2) is 9.28. The van der Waals surface area contributed by atoms with Gasteiger partial charge in [-0.05, 0) is 44.5 Å². The van der Waals surface area contributed by atoms with Crippen molar-refractivity contribution in [1.29, 1.82) is 0 Å². The fourth-order valence-corrected chi connectivity index (χ4v) is 5.83. The molecule has 1 aromatic heterocycles. The minimum Gasteiger partial charge on any atom is -0.462 e. The highest BCUT2D eigenvalue weighted by Gasteiger charge is 2.30. The van der Waals surface area contributed by atoms with Crippen LogP contribution in [0.3, 0.4) is 0 Å². The van der Waals surface area contributed by atoms with Crippen molar-refractivity contribution < 1.29 is 22.7 Å². The van der Waals surface area contributed by atoms with Crippen molar-refractivity contribution in [3.8, 4) is 0 Å². The second-order valence-electron chi connectivity index (χ2n) is 7.17. The lowest BCUT2D eigenvalue weighted by atomic mass is 10.0. The van der Waals surface area contributed by atoms with E-state index in [2.05, 4.69) is 17.1 Å². The number of likely N-dealkylation sites (N-methyl/N-ethyl adjacent to an activating group) is 1. The number of benzene rings is 1. The maximum atomic E-state index is 12.6. The number of hydrogen-bond donors (Lipinski definition) is 1. The third-order valence-electron chi connectivity index (χ3n) is 5.02. The van der Waals surface area contributed by atoms with Crippen molar-refractivity contribution >= 4 is 38.1 Å². The summed E-state index contributed by atoms with van der Waals surface area (Å²) in [5.41, 5.74) is 2.18. The molecule has 1 aliphatic heterocycles. The standard InChI is InChI=1S/C21H26N2O5S2/c1-4-23-11-10-16-17(12-23)29-20(19(16)21(25)28-5-2)22-18(24)13-30(26,27)15-8-6-14(3)7-9-15/h6-9H,4-5,10-13H2,1-3H3,(H,22,24). The summed E-state index contributed by atoms with van der Waals surface area (Å²) >= 11 is 1.32. The maximum Gasteiger partial charge on any atom is 0.341 e. The molecule has 0 unspecified atom stereocenters. The van der Waals surface area contributed by atoms with Crippen LogP contribution in [0, 0.1) is 6.92 Å². The van der Waals surface area contributed by atoms with E-state index in [0.29, 0.717) is 23.5 Å². The Bertz CT molecular complexity index is 1040. The van der Waals surface area contributed by atoms with Crippen molar-refractivity contribution in [2.24, 2.45) is 0 Å². The first-order valence-electron chi connectivity index (χ1n) is 9.88. The number of esters is 1. The van der Waals surface area contributed by atoms with E-state index in [9.17, 15) is 18.0 Å². The number of nitrogens with zero attached hydrogens (tertiary/aromatic N) is 1. The first kappa shape index (κ1) is 22.5. The van der Waals surface area contributed by atoms with E-state index < -0.39 is 27.5 Å². The highest BCUT2D eigenvalue weighted by Crippen LogP contribution is 2.37. The van der Waals surface area contributed by atoms with E-state index in [1.54, 1.807) is 19.1 Å². The molecule has 2 heterocycles. The summed E-state index contributed by atoms with van der Waals surface area (Å²) in [6.07, 6.45) is 0.686. The van der Waals surface area contributed by atoms with Crippen LogP contribution >= 0.6 is 11.3 Å². The van der Waals surface area contributed by atoms with Crippen LogP contribution in [0.2, 0.25) is 0 Å². The molecule has 7 nitrogen and oxygen atoms in total. The summed E-state index contributed by atoms with van der Waals surface area (Å²) in [6.45, 7) is 8.29. The number of anilines is 1. The van der Waals surface area contributed by atoms with Gasteiger partial charge in [0.25, 0.3) is 0 Å². The molecule has 0 fully saturated rings. The van der Waals surface area contributed by atoms with Crippen molar-refractivity contribution in [3.05, 3.63) is 45.8 Å². The third-order valence-corrected chi connectivity index (χ3v) is 7.78. The van der Waals surface area contributed by atoms with Crippen LogP contribution in [-0.4, -0.2) is 50.6 Å². The number of thiophene rings is 1. The van der Waals surface area contributed by atoms with Crippen LogP contribution in [0.5, 0.6) is 0 Å². The van der Waals surface area contributed by atoms with Gasteiger partial charge in [-0.3, -0.25) is 9.69 Å². The van der Waals surface area contributed by atoms with E-state index >= 15 is 0 Å². The van der Waals surface area contributed by atoms with Crippen LogP contribution in [0.25, 0.3) is 0 Å². The van der Waals surface area contributed by atoms with Crippen molar-refractivity contribution in [3.63, 3.8) is 0 Å². The number of amides is 1. The summed E-state index contributed by atoms with van der Waals surface area (Å²) < 4.78 is 30.4. The van der Waals surface area contributed by atoms with Gasteiger partial charge in [0, 0.05) is 18.0 Å². The Labute approximate surface area is 181 Å². The number of nitrogens with one attached hydrogen (secondary N) is 1. The number of fused-ring (bicyclic) bond motifs is 1. The molecule has 1 aromatic carbocycles. The molecule has 0 atom stereocenters. The van der Waals surface area contributed by atoms with Crippen molar-refractivity contribution in [2.75, 3.05) is 30.8 Å². The zero-order chi connectivity index (χ0) is 21.9. The Hall–Kier alpha value is -2.23. The molecule has 0 saturated carbocycles. The number of rotatable bonds is 7. The SMILES string of the molecule is CCOC(=O)c1c(NC(=O)CS(=O)(=O)c2ccc(C)cc2)sc2c1CCN(CC)C2. The van der Waals surface area contributed by atoms with Gasteiger partial charge in [0.1, 0.15) is 10.8 Å². The zero-order valence-electron chi connectivity index (χ0n) is 17.4. The molecule has 1 aliphatic rings. The molecule has 3 rings (SSSR count). The Morgan fingerprint density at radius 3 is 2.53 bits per heavy atom. The summed E-state index contributed by atoms with van der Waals surface area (Å²) in [4.78, 5) is 28.5. The smallest absolute Gasteiger partial charge is 0.341 e. The Balaban J connectivity index is 1.84. The number of hydrogen-bond acceptors (Lipinski definition) is 7. The van der Waals surface area contributed by atoms with Gasteiger partial charge in [0.2, 0.25) is 5.91 Å². The topological polar surface area (TPSA) is 92.8 Å². The molecule has 162 valence electrons. The van der Waals surface area contributed by atoms with Crippen LogP contribution in [-0.2, 0) is 32.3 Å². The van der Waals surface area contributed by atoms with Gasteiger partial charge >= 0.3 is 5.97 Å². The van der Waals surface area contributed by atoms with E-state index in [0.717, 1.165) is 29.1 Å². The van der Waals surface area contributed by atoms with Gasteiger partial charge in [-0.1, -0.05) is 24.6 Å². The molecular weight excluding hydrogens is 424 g/mol. The molecule has 0 radical (unpaired) electrons. The van der Waals surface area contributed by atoms with E-state index in [4.69, 9.17) is 4.74 Å². The molecule has 9 heteroatoms. The highest BCUT2D eigenvalue weighted by molar-refractivity contribution is 7.92. The van der Waals surface area contributed by atoms with E-state index in [1.165, 1.54) is 23.5 Å². The van der Waals surface area contributed by atoms with Crippen molar-refractivity contribution in [2.45, 2.75) is 38.6 Å². The Morgan fingerprint density at radius 1 is 1.20 bits per heavy atom. The monoisotopic (exact) mass is 450 g/mol. The quantitative estimate of drug-likeness (QED) is 0.652. The van der Waals surface area contributed by atoms with Crippen LogP contribution < -0.4 is 5.32 Å². The van der Waals surface area contributed by atoms with Gasteiger partial charge in [0.05, 0.1) is 17.1 Å².